The van der Waals surface area contributed by atoms with Crippen molar-refractivity contribution in [3.63, 3.8) is 0 Å². The summed E-state index contributed by atoms with van der Waals surface area (Å²) in [6, 6.07) is 8.46. The lowest BCUT2D eigenvalue weighted by Crippen LogP contribution is -2.14. The van der Waals surface area contributed by atoms with Gasteiger partial charge in [-0.3, -0.25) is 19.6 Å². The number of aromatic nitrogens is 2. The summed E-state index contributed by atoms with van der Waals surface area (Å²) < 4.78 is 1.34. The first-order valence-electron chi connectivity index (χ1n) is 6.05. The van der Waals surface area contributed by atoms with E-state index in [9.17, 15) is 14.9 Å². The van der Waals surface area contributed by atoms with Gasteiger partial charge in [-0.25, -0.2) is 0 Å². The topological polar surface area (TPSA) is 114 Å². The van der Waals surface area contributed by atoms with Crippen LogP contribution in [0.2, 0.25) is 0 Å². The van der Waals surface area contributed by atoms with Crippen molar-refractivity contribution in [1.29, 1.82) is 5.26 Å². The molecule has 0 aliphatic carbocycles. The Hall–Kier alpha value is -3.21. The predicted molar refractivity (Wildman–Crippen MR) is 73.3 cm³/mol. The number of nitrogens with one attached hydrogen (secondary N) is 1. The van der Waals surface area contributed by atoms with E-state index in [1.54, 1.807) is 24.3 Å². The van der Waals surface area contributed by atoms with Crippen LogP contribution >= 0.6 is 0 Å². The molecule has 0 spiro atoms. The maximum Gasteiger partial charge on any atom is 0.306 e. The normalized spacial score (nSPS) is 9.86. The highest BCUT2D eigenvalue weighted by Crippen LogP contribution is 2.10. The Kier molecular flexibility index (Phi) is 4.26. The van der Waals surface area contributed by atoms with E-state index in [2.05, 4.69) is 10.4 Å². The number of hydrogen-bond donors (Lipinski definition) is 1. The van der Waals surface area contributed by atoms with Gasteiger partial charge >= 0.3 is 5.69 Å². The fraction of sp³-hybridized carbons (Fsp3) is 0.154. The summed E-state index contributed by atoms with van der Waals surface area (Å²) in [5.74, 6) is -0.238. The van der Waals surface area contributed by atoms with E-state index in [-0.39, 0.29) is 24.6 Å². The Balaban J connectivity index is 1.86. The molecule has 0 saturated heterocycles. The molecule has 8 heteroatoms. The minimum atomic E-state index is -0.541. The van der Waals surface area contributed by atoms with E-state index < -0.39 is 4.92 Å². The molecule has 0 aliphatic rings. The van der Waals surface area contributed by atoms with Crippen LogP contribution in [0.5, 0.6) is 0 Å². The summed E-state index contributed by atoms with van der Waals surface area (Å²) in [5.41, 5.74) is 0.991. The minimum Gasteiger partial charge on any atom is -0.326 e. The second-order valence-electron chi connectivity index (χ2n) is 4.21. The molecule has 0 fully saturated rings. The van der Waals surface area contributed by atoms with Crippen LogP contribution in [0, 0.1) is 21.4 Å². The van der Waals surface area contributed by atoms with Crippen molar-refractivity contribution in [2.24, 2.45) is 0 Å². The quantitative estimate of drug-likeness (QED) is 0.663. The number of hydrogen-bond acceptors (Lipinski definition) is 5. The van der Waals surface area contributed by atoms with Gasteiger partial charge in [0, 0.05) is 18.7 Å². The van der Waals surface area contributed by atoms with E-state index in [1.165, 1.54) is 10.9 Å². The maximum absolute atomic E-state index is 11.7. The Morgan fingerprint density at radius 3 is 2.71 bits per heavy atom. The predicted octanol–water partition coefficient (Wildman–Crippen LogP) is 1.69. The molecule has 0 aliphatic heterocycles. The van der Waals surface area contributed by atoms with Crippen molar-refractivity contribution in [2.75, 3.05) is 5.32 Å². The molecule has 2 rings (SSSR count). The lowest BCUT2D eigenvalue weighted by Gasteiger charge is -2.05. The Morgan fingerprint density at radius 2 is 2.14 bits per heavy atom. The van der Waals surface area contributed by atoms with Gasteiger partial charge in [0.05, 0.1) is 16.6 Å². The summed E-state index contributed by atoms with van der Waals surface area (Å²) in [6.45, 7) is 0.246. The molecule has 1 aromatic heterocycles. The average Bonchev–Trinajstić information content (AvgIpc) is 2.95. The van der Waals surface area contributed by atoms with E-state index >= 15 is 0 Å². The highest BCUT2D eigenvalue weighted by Gasteiger charge is 2.09. The van der Waals surface area contributed by atoms with Crippen LogP contribution in [-0.2, 0) is 11.3 Å². The summed E-state index contributed by atoms with van der Waals surface area (Å²) in [5, 5.41) is 25.6. The van der Waals surface area contributed by atoms with Crippen molar-refractivity contribution >= 4 is 17.3 Å². The zero-order chi connectivity index (χ0) is 15.2. The Morgan fingerprint density at radius 1 is 1.43 bits per heavy atom. The van der Waals surface area contributed by atoms with Crippen LogP contribution in [0.1, 0.15) is 12.0 Å². The van der Waals surface area contributed by atoms with E-state index in [1.807, 2.05) is 6.07 Å². The van der Waals surface area contributed by atoms with Crippen LogP contribution in [0.3, 0.4) is 0 Å². The monoisotopic (exact) mass is 285 g/mol. The van der Waals surface area contributed by atoms with Gasteiger partial charge in [-0.2, -0.15) is 10.4 Å². The van der Waals surface area contributed by atoms with Crippen molar-refractivity contribution < 1.29 is 9.72 Å². The van der Waals surface area contributed by atoms with E-state index in [4.69, 9.17) is 5.26 Å². The van der Waals surface area contributed by atoms with Crippen molar-refractivity contribution in [1.82, 2.24) is 9.78 Å². The van der Waals surface area contributed by atoms with Gasteiger partial charge in [-0.05, 0) is 24.3 Å². The van der Waals surface area contributed by atoms with Crippen LogP contribution in [0.15, 0.2) is 36.7 Å². The molecule has 0 saturated carbocycles. The Labute approximate surface area is 119 Å². The third-order valence-electron chi connectivity index (χ3n) is 2.70. The number of aryl methyl sites for hydroxylation is 1. The smallest absolute Gasteiger partial charge is 0.306 e. The first kappa shape index (κ1) is 14.2. The molecule has 0 radical (unpaired) electrons. The maximum atomic E-state index is 11.7. The number of carbonyl (C=O) groups excluding carboxylic acids is 1. The number of carbonyl (C=O) groups is 1. The minimum absolute atomic E-state index is 0.109. The molecule has 0 bridgehead atoms. The van der Waals surface area contributed by atoms with Gasteiger partial charge in [0.25, 0.3) is 0 Å². The average molecular weight is 285 g/mol. The van der Waals surface area contributed by atoms with Crippen LogP contribution in [0.25, 0.3) is 0 Å². The lowest BCUT2D eigenvalue weighted by atomic mass is 10.2. The lowest BCUT2D eigenvalue weighted by molar-refractivity contribution is -0.385. The van der Waals surface area contributed by atoms with Crippen LogP contribution < -0.4 is 5.32 Å². The molecule has 106 valence electrons. The van der Waals surface area contributed by atoms with Gasteiger partial charge < -0.3 is 5.32 Å². The molecule has 8 nitrogen and oxygen atoms in total. The van der Waals surface area contributed by atoms with Gasteiger partial charge in [-0.1, -0.05) is 0 Å². The molecule has 1 aromatic carbocycles. The third kappa shape index (κ3) is 3.87. The molecule has 0 atom stereocenters. The highest BCUT2D eigenvalue weighted by molar-refractivity contribution is 5.90. The number of nitriles is 1. The van der Waals surface area contributed by atoms with Gasteiger partial charge in [0.1, 0.15) is 12.4 Å². The molecule has 1 heterocycles. The summed E-state index contributed by atoms with van der Waals surface area (Å²) in [4.78, 5) is 21.7. The number of benzene rings is 1. The number of rotatable bonds is 5. The van der Waals surface area contributed by atoms with Gasteiger partial charge in [0.15, 0.2) is 0 Å². The summed E-state index contributed by atoms with van der Waals surface area (Å²) >= 11 is 0. The van der Waals surface area contributed by atoms with Crippen LogP contribution in [0.4, 0.5) is 11.4 Å². The fourth-order valence-corrected chi connectivity index (χ4v) is 1.64. The number of nitro groups is 1. The van der Waals surface area contributed by atoms with E-state index in [0.29, 0.717) is 11.3 Å². The first-order chi connectivity index (χ1) is 10.1. The molecule has 1 amide bonds. The molecule has 21 heavy (non-hydrogen) atoms. The standard InChI is InChI=1S/C13H11N5O3/c14-7-10-1-3-11(4-2-10)16-13(19)5-6-17-9-12(8-15-17)18(20)21/h1-4,8-9H,5-6H2,(H,16,19). The Bertz CT molecular complexity index is 699. The molecular weight excluding hydrogens is 274 g/mol. The number of anilines is 1. The fourth-order valence-electron chi connectivity index (χ4n) is 1.64. The highest BCUT2D eigenvalue weighted by atomic mass is 16.6. The first-order valence-corrected chi connectivity index (χ1v) is 6.05. The van der Waals surface area contributed by atoms with Crippen molar-refractivity contribution in [3.8, 4) is 6.07 Å². The van der Waals surface area contributed by atoms with Gasteiger partial charge in [-0.15, -0.1) is 0 Å². The molecular formula is C13H11N5O3. The second-order valence-corrected chi connectivity index (χ2v) is 4.21. The van der Waals surface area contributed by atoms with Crippen LogP contribution in [-0.4, -0.2) is 20.6 Å². The van der Waals surface area contributed by atoms with Gasteiger partial charge in [0.2, 0.25) is 5.91 Å². The third-order valence-corrected chi connectivity index (χ3v) is 2.70. The zero-order valence-corrected chi connectivity index (χ0v) is 10.9. The molecule has 2 aromatic rings. The molecule has 1 N–H and O–H groups in total. The van der Waals surface area contributed by atoms with Crippen molar-refractivity contribution in [3.05, 3.63) is 52.3 Å². The largest absolute Gasteiger partial charge is 0.326 e. The van der Waals surface area contributed by atoms with Crippen molar-refractivity contribution in [2.45, 2.75) is 13.0 Å². The SMILES string of the molecule is N#Cc1ccc(NC(=O)CCn2cc([N+](=O)[O-])cn2)cc1. The summed E-state index contributed by atoms with van der Waals surface area (Å²) in [6.07, 6.45) is 2.55. The van der Waals surface area contributed by atoms with E-state index in [0.717, 1.165) is 6.20 Å². The number of amides is 1. The second kappa shape index (κ2) is 6.29. The molecule has 0 unspecified atom stereocenters. The zero-order valence-electron chi connectivity index (χ0n) is 10.9. The number of nitrogens with zero attached hydrogens (tertiary/aromatic N) is 4. The summed E-state index contributed by atoms with van der Waals surface area (Å²) in [7, 11) is 0.